The highest BCUT2D eigenvalue weighted by molar-refractivity contribution is 6.35. The van der Waals surface area contributed by atoms with Crippen LogP contribution in [0, 0.1) is 5.92 Å². The van der Waals surface area contributed by atoms with Crippen molar-refractivity contribution in [2.45, 2.75) is 50.5 Å². The van der Waals surface area contributed by atoms with Crippen LogP contribution in [0.15, 0.2) is 85.2 Å². The van der Waals surface area contributed by atoms with E-state index in [2.05, 4.69) is 15.2 Å². The van der Waals surface area contributed by atoms with Crippen LogP contribution in [0.2, 0.25) is 10.0 Å². The Bertz CT molecular complexity index is 1780. The van der Waals surface area contributed by atoms with E-state index in [0.717, 1.165) is 43.6 Å². The molecule has 2 bridgehead atoms. The van der Waals surface area contributed by atoms with Crippen molar-refractivity contribution in [1.82, 2.24) is 10.2 Å². The van der Waals surface area contributed by atoms with E-state index >= 15 is 0 Å². The number of hydrogen-bond donors (Lipinski definition) is 1. The molecule has 0 spiro atoms. The summed E-state index contributed by atoms with van der Waals surface area (Å²) in [6.07, 6.45) is 4.76. The van der Waals surface area contributed by atoms with E-state index in [9.17, 15) is 9.59 Å². The van der Waals surface area contributed by atoms with Gasteiger partial charge in [-0.3, -0.25) is 10.2 Å². The smallest absolute Gasteiger partial charge is 0.338 e. The summed E-state index contributed by atoms with van der Waals surface area (Å²) in [5.41, 5.74) is 2.32. The van der Waals surface area contributed by atoms with E-state index in [1.54, 1.807) is 50.9 Å². The fraction of sp³-hybridized carbons (Fsp3) is 0.359. The predicted octanol–water partition coefficient (Wildman–Crippen LogP) is 6.61. The van der Waals surface area contributed by atoms with Crippen LogP contribution in [0.5, 0.6) is 11.5 Å². The molecule has 11 heteroatoms. The van der Waals surface area contributed by atoms with Crippen LogP contribution >= 0.6 is 23.2 Å². The molecule has 3 saturated heterocycles. The summed E-state index contributed by atoms with van der Waals surface area (Å²) in [5.74, 6) is 0.639. The van der Waals surface area contributed by atoms with Crippen LogP contribution in [0.25, 0.3) is 0 Å². The highest BCUT2D eigenvalue weighted by Crippen LogP contribution is 2.36. The molecule has 3 aliphatic heterocycles. The molecule has 1 unspecified atom stereocenters. The molecule has 1 aromatic heterocycles. The van der Waals surface area contributed by atoms with E-state index in [0.29, 0.717) is 50.7 Å². The SMILES string of the molecule is COc1ccc([C@H](Cc2c(Cl)c[nH+]cc2Cl)OC(=O)c2ccc(CNC(C)(C(=O)O[C@H]3CN4CCC3CC4)c3ccccc3)cc2)cc1OC. The molecule has 50 heavy (non-hydrogen) atoms. The van der Waals surface area contributed by atoms with E-state index in [1.807, 2.05) is 55.5 Å². The number of halogens is 2. The van der Waals surface area contributed by atoms with Crippen molar-refractivity contribution in [3.63, 3.8) is 0 Å². The Morgan fingerprint density at radius 3 is 2.24 bits per heavy atom. The zero-order chi connectivity index (χ0) is 35.3. The van der Waals surface area contributed by atoms with Gasteiger partial charge >= 0.3 is 11.9 Å². The maximum absolute atomic E-state index is 13.8. The van der Waals surface area contributed by atoms with Crippen molar-refractivity contribution in [1.29, 1.82) is 0 Å². The van der Waals surface area contributed by atoms with Crippen molar-refractivity contribution >= 4 is 35.1 Å². The second-order valence-electron chi connectivity index (χ2n) is 13.0. The number of esters is 2. The number of benzene rings is 3. The Morgan fingerprint density at radius 1 is 0.940 bits per heavy atom. The minimum atomic E-state index is -1.07. The Morgan fingerprint density at radius 2 is 1.62 bits per heavy atom. The third kappa shape index (κ3) is 7.92. The van der Waals surface area contributed by atoms with Crippen LogP contribution < -0.4 is 19.8 Å². The summed E-state index contributed by atoms with van der Waals surface area (Å²) in [5, 5.41) is 4.31. The van der Waals surface area contributed by atoms with Crippen LogP contribution in [-0.2, 0) is 32.8 Å². The Labute approximate surface area is 302 Å². The van der Waals surface area contributed by atoms with Gasteiger partial charge in [0, 0.05) is 25.1 Å². The highest BCUT2D eigenvalue weighted by Gasteiger charge is 2.42. The zero-order valence-corrected chi connectivity index (χ0v) is 29.9. The second-order valence-corrected chi connectivity index (χ2v) is 13.8. The van der Waals surface area contributed by atoms with E-state index in [1.165, 1.54) is 0 Å². The van der Waals surface area contributed by atoms with Gasteiger partial charge in [-0.1, -0.05) is 71.7 Å². The van der Waals surface area contributed by atoms with Crippen LogP contribution in [0.1, 0.15) is 58.5 Å². The third-order valence-corrected chi connectivity index (χ3v) is 10.5. The topological polar surface area (TPSA) is 100 Å². The Hall–Kier alpha value is -4.15. The molecule has 3 aromatic carbocycles. The fourth-order valence-corrected chi connectivity index (χ4v) is 7.27. The molecule has 7 rings (SSSR count). The lowest BCUT2D eigenvalue weighted by molar-refractivity contribution is -0.377. The first-order valence-corrected chi connectivity index (χ1v) is 17.5. The minimum absolute atomic E-state index is 0.102. The standard InChI is InChI=1S/C39H41Cl2N3O6/c1-39(29-7-5-4-6-8-29,38(46)50-36-24-44-17-15-26(36)16-18-44)43-21-25-9-11-27(12-10-25)37(45)49-34(20-30-31(40)22-42-23-32(30)41)28-13-14-33(47-2)35(19-28)48-3/h4-14,19,22-23,26,34,36,43H,15-18,20-21,24H2,1-3H3/p+1/t34-,36-,39?/m0/s1. The maximum Gasteiger partial charge on any atom is 0.338 e. The average Bonchev–Trinajstić information content (AvgIpc) is 3.15. The van der Waals surface area contributed by atoms with E-state index < -0.39 is 17.6 Å². The zero-order valence-electron chi connectivity index (χ0n) is 28.4. The van der Waals surface area contributed by atoms with Gasteiger partial charge in [0.25, 0.3) is 0 Å². The maximum atomic E-state index is 13.8. The molecule has 4 aromatic rings. The lowest BCUT2D eigenvalue weighted by Gasteiger charge is -2.45. The molecular formula is C39H42Cl2N3O6+. The molecule has 9 nitrogen and oxygen atoms in total. The average molecular weight is 720 g/mol. The first-order chi connectivity index (χ1) is 24.2. The lowest BCUT2D eigenvalue weighted by atomic mass is 9.85. The van der Waals surface area contributed by atoms with Gasteiger partial charge in [-0.15, -0.1) is 0 Å². The van der Waals surface area contributed by atoms with Crippen molar-refractivity contribution in [3.05, 3.63) is 123 Å². The summed E-state index contributed by atoms with van der Waals surface area (Å²) >= 11 is 13.0. The number of nitrogens with zero attached hydrogens (tertiary/aromatic N) is 1. The van der Waals surface area contributed by atoms with Crippen molar-refractivity contribution in [3.8, 4) is 11.5 Å². The van der Waals surface area contributed by atoms with E-state index in [-0.39, 0.29) is 18.5 Å². The number of aromatic nitrogens is 1. The highest BCUT2D eigenvalue weighted by atomic mass is 35.5. The molecule has 0 amide bonds. The summed E-state index contributed by atoms with van der Waals surface area (Å²) in [6.45, 7) is 5.17. The van der Waals surface area contributed by atoms with Gasteiger partial charge in [-0.2, -0.15) is 0 Å². The van der Waals surface area contributed by atoms with Crippen LogP contribution in [0.4, 0.5) is 0 Å². The van der Waals surface area contributed by atoms with Crippen molar-refractivity contribution in [2.75, 3.05) is 33.9 Å². The van der Waals surface area contributed by atoms with Gasteiger partial charge in [-0.25, -0.2) is 14.6 Å². The molecule has 2 N–H and O–H groups in total. The molecule has 0 radical (unpaired) electrons. The van der Waals surface area contributed by atoms with Crippen molar-refractivity contribution in [2.24, 2.45) is 5.92 Å². The number of ether oxygens (including phenoxy) is 4. The number of piperidine rings is 3. The third-order valence-electron chi connectivity index (χ3n) is 9.86. The molecule has 3 aliphatic rings. The molecule has 262 valence electrons. The molecular weight excluding hydrogens is 677 g/mol. The molecule has 4 heterocycles. The fourth-order valence-electron chi connectivity index (χ4n) is 6.74. The number of methoxy groups -OCH3 is 2. The Kier molecular flexibility index (Phi) is 11.3. The van der Waals surface area contributed by atoms with Gasteiger partial charge < -0.3 is 18.9 Å². The van der Waals surface area contributed by atoms with Crippen LogP contribution in [-0.4, -0.2) is 56.8 Å². The molecule has 0 aliphatic carbocycles. The van der Waals surface area contributed by atoms with Crippen LogP contribution in [0.3, 0.4) is 0 Å². The summed E-state index contributed by atoms with van der Waals surface area (Å²) < 4.78 is 23.2. The normalized spacial score (nSPS) is 20.0. The van der Waals surface area contributed by atoms with E-state index in [4.69, 9.17) is 42.1 Å². The van der Waals surface area contributed by atoms with Gasteiger partial charge in [0.05, 0.1) is 19.8 Å². The number of nitrogens with one attached hydrogen (secondary N) is 2. The number of H-pyrrole nitrogens is 1. The summed E-state index contributed by atoms with van der Waals surface area (Å²) in [6, 6.07) is 22.1. The quantitative estimate of drug-likeness (QED) is 0.154. The number of pyridine rings is 1. The van der Waals surface area contributed by atoms with Crippen molar-refractivity contribution < 1.29 is 33.5 Å². The predicted molar refractivity (Wildman–Crippen MR) is 191 cm³/mol. The number of carbonyl (C=O) groups is 2. The molecule has 3 fully saturated rings. The number of hydrogen-bond acceptors (Lipinski definition) is 8. The first-order valence-electron chi connectivity index (χ1n) is 16.8. The summed E-state index contributed by atoms with van der Waals surface area (Å²) in [7, 11) is 3.10. The molecule has 0 saturated carbocycles. The number of carbonyl (C=O) groups excluding carboxylic acids is 2. The van der Waals surface area contributed by atoms with Gasteiger partial charge in [0.15, 0.2) is 23.9 Å². The van der Waals surface area contributed by atoms with Gasteiger partial charge in [-0.05, 0) is 79.7 Å². The van der Waals surface area contributed by atoms with Gasteiger partial charge in [0.2, 0.25) is 0 Å². The largest absolute Gasteiger partial charge is 0.493 e. The van der Waals surface area contributed by atoms with Gasteiger partial charge in [0.1, 0.15) is 27.8 Å². The first kappa shape index (κ1) is 35.7. The lowest BCUT2D eigenvalue weighted by Crippen LogP contribution is -2.55. The second kappa shape index (κ2) is 15.8. The monoisotopic (exact) mass is 718 g/mol. The number of fused-ring (bicyclic) bond motifs is 3. The number of rotatable bonds is 13. The number of aromatic amines is 1. The molecule has 3 atom stereocenters. The summed E-state index contributed by atoms with van der Waals surface area (Å²) in [4.78, 5) is 32.7. The minimum Gasteiger partial charge on any atom is -0.493 e. The Balaban J connectivity index is 1.17.